The highest BCUT2D eigenvalue weighted by atomic mass is 127. The zero-order valence-corrected chi connectivity index (χ0v) is 21.4. The Morgan fingerprint density at radius 1 is 0.812 bits per heavy atom. The third kappa shape index (κ3) is 7.69. The van der Waals surface area contributed by atoms with Gasteiger partial charge in [0.05, 0.1) is 4.90 Å². The van der Waals surface area contributed by atoms with Crippen molar-refractivity contribution in [2.24, 2.45) is 0 Å². The molecule has 7 nitrogen and oxygen atoms in total. The van der Waals surface area contributed by atoms with Crippen LogP contribution in [0.25, 0.3) is 0 Å². The molecule has 0 unspecified atom stereocenters. The van der Waals surface area contributed by atoms with Crippen molar-refractivity contribution in [2.75, 3.05) is 0 Å². The minimum Gasteiger partial charge on any atom is -0.425 e. The van der Waals surface area contributed by atoms with Gasteiger partial charge in [-0.1, -0.05) is 42.0 Å². The van der Waals surface area contributed by atoms with Crippen LogP contribution in [0.4, 0.5) is 0 Å². The van der Waals surface area contributed by atoms with Crippen LogP contribution < -0.4 is 8.86 Å². The first-order valence-electron chi connectivity index (χ1n) is 9.25. The van der Waals surface area contributed by atoms with Crippen molar-refractivity contribution in [3.8, 4) is 5.75 Å². The van der Waals surface area contributed by atoms with Gasteiger partial charge in [0.2, 0.25) is 0 Å². The molecule has 0 saturated heterocycles. The second-order valence-corrected chi connectivity index (χ2v) is 11.6. The van der Waals surface area contributed by atoms with Gasteiger partial charge in [0, 0.05) is 10.5 Å². The van der Waals surface area contributed by atoms with Crippen LogP contribution in [0.3, 0.4) is 0 Å². The van der Waals surface area contributed by atoms with E-state index in [2.05, 4.69) is 34.7 Å². The lowest BCUT2D eigenvalue weighted by Crippen LogP contribution is -2.31. The van der Waals surface area contributed by atoms with E-state index in [1.54, 1.807) is 30.1 Å². The lowest BCUT2D eigenvalue weighted by Gasteiger charge is -2.12. The number of nitrogens with one attached hydrogen (secondary N) is 1. The first-order chi connectivity index (χ1) is 14.9. The van der Waals surface area contributed by atoms with Crippen molar-refractivity contribution in [1.29, 1.82) is 0 Å². The fourth-order valence-electron chi connectivity index (χ4n) is 2.44. The van der Waals surface area contributed by atoms with Gasteiger partial charge in [0.1, 0.15) is 4.90 Å². The molecule has 0 aliphatic carbocycles. The minimum absolute atomic E-state index is 0.192. The molecule has 0 atom stereocenters. The van der Waals surface area contributed by atoms with Crippen molar-refractivity contribution >= 4 is 48.6 Å². The van der Waals surface area contributed by atoms with Gasteiger partial charge in [-0.2, -0.15) is 0 Å². The van der Waals surface area contributed by atoms with E-state index in [1.807, 2.05) is 18.2 Å². The van der Waals surface area contributed by atoms with Crippen LogP contribution in [0.2, 0.25) is 0 Å². The number of esters is 1. The highest BCUT2D eigenvalue weighted by Gasteiger charge is 2.28. The highest BCUT2D eigenvalue weighted by Crippen LogP contribution is 2.26. The highest BCUT2D eigenvalue weighted by molar-refractivity contribution is 14.1. The average molecular weight is 587 g/mol. The van der Waals surface area contributed by atoms with Crippen molar-refractivity contribution in [3.63, 3.8) is 0 Å². The number of halogens is 1. The molecule has 0 heterocycles. The normalized spacial score (nSPS) is 11.2. The summed E-state index contributed by atoms with van der Waals surface area (Å²) in [5, 5.41) is 0. The molecule has 0 aliphatic rings. The Morgan fingerprint density at radius 3 is 1.88 bits per heavy atom. The Hall–Kier alpha value is -2.28. The van der Waals surface area contributed by atoms with Crippen molar-refractivity contribution in [2.45, 2.75) is 30.6 Å². The monoisotopic (exact) mass is 587 g/mol. The molecule has 10 heteroatoms. The second-order valence-electron chi connectivity index (χ2n) is 6.74. The van der Waals surface area contributed by atoms with E-state index in [4.69, 9.17) is 4.74 Å². The molecule has 0 aliphatic heterocycles. The summed E-state index contributed by atoms with van der Waals surface area (Å²) in [6, 6.07) is 19.9. The summed E-state index contributed by atoms with van der Waals surface area (Å²) in [6.07, 6.45) is 0. The van der Waals surface area contributed by atoms with Crippen LogP contribution in [-0.4, -0.2) is 22.8 Å². The Kier molecular flexibility index (Phi) is 8.96. The van der Waals surface area contributed by atoms with Crippen molar-refractivity contribution in [1.82, 2.24) is 4.13 Å². The summed E-state index contributed by atoms with van der Waals surface area (Å²) in [5.41, 5.74) is 1.48. The lowest BCUT2D eigenvalue weighted by atomic mass is 10.2. The molecule has 170 valence electrons. The van der Waals surface area contributed by atoms with Crippen molar-refractivity contribution < 1.29 is 26.4 Å². The number of rotatable bonds is 5. The standard InChI is InChI=1S/C16H17NO6S2.C6H5I/c1-11-4-7-14(8-5-11)24(19,20)17-25(21,22)16-9-6-12(2)10-15(16)23-13(3)18;7-6-4-2-1-3-5-6/h4-10,17H,1-3H3;1-5H. The van der Waals surface area contributed by atoms with E-state index >= 15 is 0 Å². The van der Waals surface area contributed by atoms with Crippen molar-refractivity contribution in [3.05, 3.63) is 87.5 Å². The van der Waals surface area contributed by atoms with Gasteiger partial charge in [-0.05, 0) is 78.4 Å². The Bertz CT molecular complexity index is 1290. The van der Waals surface area contributed by atoms with Gasteiger partial charge < -0.3 is 4.74 Å². The summed E-state index contributed by atoms with van der Waals surface area (Å²) in [7, 11) is -8.80. The smallest absolute Gasteiger partial charge is 0.308 e. The number of carbonyl (C=O) groups excluding carboxylic acids is 1. The quantitative estimate of drug-likeness (QED) is 0.273. The Morgan fingerprint density at radius 2 is 1.38 bits per heavy atom. The molecule has 0 saturated carbocycles. The fraction of sp³-hybridized carbons (Fsp3) is 0.136. The van der Waals surface area contributed by atoms with E-state index < -0.39 is 30.9 Å². The number of ether oxygens (including phenoxy) is 1. The predicted octanol–water partition coefficient (Wildman–Crippen LogP) is 4.19. The van der Waals surface area contributed by atoms with E-state index in [-0.39, 0.29) is 10.6 Å². The predicted molar refractivity (Wildman–Crippen MR) is 130 cm³/mol. The van der Waals surface area contributed by atoms with E-state index in [9.17, 15) is 21.6 Å². The maximum atomic E-state index is 12.5. The number of carbonyl (C=O) groups is 1. The summed E-state index contributed by atoms with van der Waals surface area (Å²) >= 11 is 2.28. The van der Waals surface area contributed by atoms with Gasteiger partial charge >= 0.3 is 5.97 Å². The number of aryl methyl sites for hydroxylation is 2. The second kappa shape index (κ2) is 11.0. The zero-order chi connectivity index (χ0) is 23.9. The maximum absolute atomic E-state index is 12.5. The number of sulfonamides is 2. The van der Waals surface area contributed by atoms with Gasteiger partial charge in [-0.25, -0.2) is 16.8 Å². The van der Waals surface area contributed by atoms with Crippen LogP contribution in [0.15, 0.2) is 82.6 Å². The van der Waals surface area contributed by atoms with Crippen LogP contribution in [0.1, 0.15) is 18.1 Å². The van der Waals surface area contributed by atoms with Crippen LogP contribution >= 0.6 is 22.6 Å². The van der Waals surface area contributed by atoms with E-state index in [1.165, 1.54) is 33.9 Å². The largest absolute Gasteiger partial charge is 0.425 e. The topological polar surface area (TPSA) is 107 Å². The third-order valence-electron chi connectivity index (χ3n) is 3.93. The molecule has 0 aromatic heterocycles. The van der Waals surface area contributed by atoms with Crippen LogP contribution in [-0.2, 0) is 24.8 Å². The summed E-state index contributed by atoms with van der Waals surface area (Å²) < 4.78 is 57.6. The molecular weight excluding hydrogens is 565 g/mol. The van der Waals surface area contributed by atoms with Gasteiger partial charge in [-0.3, -0.25) is 4.79 Å². The number of benzene rings is 3. The molecule has 1 N–H and O–H groups in total. The van der Waals surface area contributed by atoms with Crippen LogP contribution in [0, 0.1) is 17.4 Å². The van der Waals surface area contributed by atoms with Gasteiger partial charge in [0.25, 0.3) is 20.0 Å². The van der Waals surface area contributed by atoms with E-state index in [0.717, 1.165) is 12.5 Å². The number of hydrogen-bond acceptors (Lipinski definition) is 6. The Balaban J connectivity index is 0.000000439. The third-order valence-corrected chi connectivity index (χ3v) is 8.21. The molecule has 3 rings (SSSR count). The minimum atomic E-state index is -4.48. The lowest BCUT2D eigenvalue weighted by molar-refractivity contribution is -0.132. The molecule has 0 spiro atoms. The molecular formula is C22H22INO6S2. The summed E-state index contributed by atoms with van der Waals surface area (Å²) in [4.78, 5) is 10.6. The maximum Gasteiger partial charge on any atom is 0.308 e. The molecule has 3 aromatic rings. The molecule has 0 amide bonds. The first-order valence-corrected chi connectivity index (χ1v) is 13.3. The molecule has 32 heavy (non-hydrogen) atoms. The number of hydrogen-bond donors (Lipinski definition) is 1. The summed E-state index contributed by atoms with van der Waals surface area (Å²) in [5.74, 6) is -0.956. The first kappa shape index (κ1) is 26.0. The fourth-order valence-corrected chi connectivity index (χ4v) is 5.86. The van der Waals surface area contributed by atoms with Gasteiger partial charge in [-0.15, -0.1) is 4.13 Å². The summed E-state index contributed by atoms with van der Waals surface area (Å²) in [6.45, 7) is 4.58. The molecule has 0 bridgehead atoms. The van der Waals surface area contributed by atoms with Gasteiger partial charge in [0.15, 0.2) is 5.75 Å². The molecule has 0 fully saturated rings. The average Bonchev–Trinajstić information content (AvgIpc) is 2.68. The SMILES string of the molecule is CC(=O)Oc1cc(C)ccc1S(=O)(=O)NS(=O)(=O)c1ccc(C)cc1.Ic1ccccc1. The zero-order valence-electron chi connectivity index (χ0n) is 17.6. The van der Waals surface area contributed by atoms with Crippen LogP contribution in [0.5, 0.6) is 5.75 Å². The molecule has 0 radical (unpaired) electrons. The Labute approximate surface area is 202 Å². The van der Waals surface area contributed by atoms with E-state index in [0.29, 0.717) is 5.56 Å². The molecule has 3 aromatic carbocycles.